The van der Waals surface area contributed by atoms with Gasteiger partial charge in [0.15, 0.2) is 0 Å². The van der Waals surface area contributed by atoms with E-state index in [2.05, 4.69) is 35.6 Å². The number of aryl methyl sites for hydroxylation is 1. The number of aromatic nitrogens is 2. The number of rotatable bonds is 5. The Hall–Kier alpha value is -0.830. The van der Waals surface area contributed by atoms with Crippen LogP contribution in [0.3, 0.4) is 0 Å². The van der Waals surface area contributed by atoms with Gasteiger partial charge in [0.2, 0.25) is 0 Å². The molecule has 2 rings (SSSR count). The zero-order chi connectivity index (χ0) is 13.0. The lowest BCUT2D eigenvalue weighted by atomic mass is 9.70. The lowest BCUT2D eigenvalue weighted by Crippen LogP contribution is -2.40. The van der Waals surface area contributed by atoms with Crippen LogP contribution in [0.2, 0.25) is 0 Å². The van der Waals surface area contributed by atoms with Crippen molar-refractivity contribution in [1.29, 1.82) is 0 Å². The third kappa shape index (κ3) is 4.13. The van der Waals surface area contributed by atoms with Crippen LogP contribution in [0.4, 0.5) is 0 Å². The zero-order valence-electron chi connectivity index (χ0n) is 12.0. The molecule has 0 bridgehead atoms. The molecule has 0 aromatic carbocycles. The number of hydrogen-bond acceptors (Lipinski definition) is 2. The van der Waals surface area contributed by atoms with Crippen LogP contribution >= 0.6 is 0 Å². The molecule has 0 saturated heterocycles. The third-order valence-electron chi connectivity index (χ3n) is 3.97. The van der Waals surface area contributed by atoms with E-state index < -0.39 is 0 Å². The van der Waals surface area contributed by atoms with Crippen molar-refractivity contribution < 1.29 is 0 Å². The number of imidazole rings is 1. The molecule has 1 aromatic rings. The first-order valence-electron chi connectivity index (χ1n) is 7.24. The highest BCUT2D eigenvalue weighted by Gasteiger charge is 2.31. The first-order valence-corrected chi connectivity index (χ1v) is 7.24. The first kappa shape index (κ1) is 13.6. The Morgan fingerprint density at radius 2 is 2.22 bits per heavy atom. The van der Waals surface area contributed by atoms with Gasteiger partial charge in [-0.25, -0.2) is 4.98 Å². The van der Waals surface area contributed by atoms with E-state index in [1.165, 1.54) is 25.7 Å². The van der Waals surface area contributed by atoms with Gasteiger partial charge in [-0.2, -0.15) is 0 Å². The summed E-state index contributed by atoms with van der Waals surface area (Å²) < 4.78 is 2.15. The summed E-state index contributed by atoms with van der Waals surface area (Å²) in [4.78, 5) is 4.06. The fraction of sp³-hybridized carbons (Fsp3) is 0.800. The summed E-state index contributed by atoms with van der Waals surface area (Å²) in [7, 11) is 0. The summed E-state index contributed by atoms with van der Waals surface area (Å²) in [6, 6.07) is 0.714. The molecule has 18 heavy (non-hydrogen) atoms. The Balaban J connectivity index is 1.67. The van der Waals surface area contributed by atoms with Crippen LogP contribution in [-0.2, 0) is 6.54 Å². The van der Waals surface area contributed by atoms with Crippen molar-refractivity contribution in [3.63, 3.8) is 0 Å². The van der Waals surface area contributed by atoms with Gasteiger partial charge in [-0.1, -0.05) is 20.8 Å². The summed E-state index contributed by atoms with van der Waals surface area (Å²) in [6.45, 7) is 9.39. The standard InChI is InChI=1S/C15H27N3/c1-13-9-14(11-15(2,3)10-13)17-5-4-7-18-8-6-16-12-18/h6,8,12-14,17H,4-5,7,9-11H2,1-3H3. The van der Waals surface area contributed by atoms with Crippen molar-refractivity contribution in [3.05, 3.63) is 18.7 Å². The predicted octanol–water partition coefficient (Wildman–Crippen LogP) is 3.08. The smallest absolute Gasteiger partial charge is 0.0945 e. The van der Waals surface area contributed by atoms with Gasteiger partial charge in [0.25, 0.3) is 0 Å². The second-order valence-corrected chi connectivity index (χ2v) is 6.72. The average Bonchev–Trinajstić information content (AvgIpc) is 2.74. The zero-order valence-corrected chi connectivity index (χ0v) is 12.0. The van der Waals surface area contributed by atoms with Gasteiger partial charge in [0.1, 0.15) is 0 Å². The highest BCUT2D eigenvalue weighted by Crippen LogP contribution is 2.38. The lowest BCUT2D eigenvalue weighted by Gasteiger charge is -2.39. The maximum atomic E-state index is 4.06. The van der Waals surface area contributed by atoms with E-state index in [1.807, 2.05) is 18.7 Å². The second kappa shape index (κ2) is 5.87. The van der Waals surface area contributed by atoms with Gasteiger partial charge in [-0.05, 0) is 43.6 Å². The van der Waals surface area contributed by atoms with Crippen LogP contribution in [0, 0.1) is 11.3 Å². The average molecular weight is 249 g/mol. The molecule has 1 N–H and O–H groups in total. The topological polar surface area (TPSA) is 29.9 Å². The molecule has 3 nitrogen and oxygen atoms in total. The van der Waals surface area contributed by atoms with E-state index >= 15 is 0 Å². The van der Waals surface area contributed by atoms with Gasteiger partial charge in [-0.3, -0.25) is 0 Å². The monoisotopic (exact) mass is 249 g/mol. The second-order valence-electron chi connectivity index (χ2n) is 6.72. The molecule has 0 spiro atoms. The highest BCUT2D eigenvalue weighted by atomic mass is 15.0. The normalized spacial score (nSPS) is 27.3. The number of nitrogens with one attached hydrogen (secondary N) is 1. The number of hydrogen-bond donors (Lipinski definition) is 1. The van der Waals surface area contributed by atoms with Gasteiger partial charge >= 0.3 is 0 Å². The molecule has 2 atom stereocenters. The van der Waals surface area contributed by atoms with E-state index in [4.69, 9.17) is 0 Å². The summed E-state index contributed by atoms with van der Waals surface area (Å²) in [6.07, 6.45) is 11.0. The maximum absolute atomic E-state index is 4.06. The van der Waals surface area contributed by atoms with E-state index in [1.54, 1.807) is 0 Å². The van der Waals surface area contributed by atoms with Gasteiger partial charge in [0, 0.05) is 25.0 Å². The Bertz CT molecular complexity index is 343. The fourth-order valence-electron chi connectivity index (χ4n) is 3.49. The molecule has 1 saturated carbocycles. The summed E-state index contributed by atoms with van der Waals surface area (Å²) in [5, 5.41) is 3.74. The van der Waals surface area contributed by atoms with Crippen LogP contribution in [0.15, 0.2) is 18.7 Å². The van der Waals surface area contributed by atoms with Crippen LogP contribution in [0.5, 0.6) is 0 Å². The van der Waals surface area contributed by atoms with Crippen molar-refractivity contribution in [2.45, 2.75) is 59.0 Å². The van der Waals surface area contributed by atoms with Gasteiger partial charge in [-0.15, -0.1) is 0 Å². The van der Waals surface area contributed by atoms with E-state index in [-0.39, 0.29) is 0 Å². The Morgan fingerprint density at radius 1 is 1.39 bits per heavy atom. The van der Waals surface area contributed by atoms with Crippen LogP contribution < -0.4 is 5.32 Å². The van der Waals surface area contributed by atoms with E-state index in [9.17, 15) is 0 Å². The molecule has 1 heterocycles. The molecular formula is C15H27N3. The van der Waals surface area contributed by atoms with Crippen LogP contribution in [0.25, 0.3) is 0 Å². The third-order valence-corrected chi connectivity index (χ3v) is 3.97. The fourth-order valence-corrected chi connectivity index (χ4v) is 3.49. The van der Waals surface area contributed by atoms with Gasteiger partial charge < -0.3 is 9.88 Å². The molecule has 0 radical (unpaired) electrons. The SMILES string of the molecule is CC1CC(NCCCn2ccnc2)CC(C)(C)C1. The summed E-state index contributed by atoms with van der Waals surface area (Å²) in [5.41, 5.74) is 0.514. The Labute approximate surface area is 111 Å². The predicted molar refractivity (Wildman–Crippen MR) is 75.4 cm³/mol. The molecule has 0 aliphatic heterocycles. The first-order chi connectivity index (χ1) is 8.55. The van der Waals surface area contributed by atoms with Crippen LogP contribution in [-0.4, -0.2) is 22.1 Å². The Morgan fingerprint density at radius 3 is 2.89 bits per heavy atom. The number of nitrogens with zero attached hydrogens (tertiary/aromatic N) is 2. The minimum Gasteiger partial charge on any atom is -0.337 e. The van der Waals surface area contributed by atoms with Crippen molar-refractivity contribution in [2.24, 2.45) is 11.3 Å². The highest BCUT2D eigenvalue weighted by molar-refractivity contribution is 4.86. The molecule has 2 unspecified atom stereocenters. The molecule has 102 valence electrons. The van der Waals surface area contributed by atoms with E-state index in [0.717, 1.165) is 19.0 Å². The molecule has 1 fully saturated rings. The van der Waals surface area contributed by atoms with Crippen molar-refractivity contribution in [1.82, 2.24) is 14.9 Å². The summed E-state index contributed by atoms with van der Waals surface area (Å²) >= 11 is 0. The minimum atomic E-state index is 0.514. The molecular weight excluding hydrogens is 222 g/mol. The van der Waals surface area contributed by atoms with Gasteiger partial charge in [0.05, 0.1) is 6.33 Å². The molecule has 1 aliphatic rings. The van der Waals surface area contributed by atoms with Crippen molar-refractivity contribution in [3.8, 4) is 0 Å². The molecule has 1 aliphatic carbocycles. The molecule has 1 aromatic heterocycles. The van der Waals surface area contributed by atoms with Crippen molar-refractivity contribution in [2.75, 3.05) is 6.54 Å². The molecule has 3 heteroatoms. The minimum absolute atomic E-state index is 0.514. The lowest BCUT2D eigenvalue weighted by molar-refractivity contribution is 0.151. The Kier molecular flexibility index (Phi) is 4.44. The van der Waals surface area contributed by atoms with E-state index in [0.29, 0.717) is 11.5 Å². The maximum Gasteiger partial charge on any atom is 0.0945 e. The summed E-state index contributed by atoms with van der Waals surface area (Å²) in [5.74, 6) is 0.861. The largest absolute Gasteiger partial charge is 0.337 e. The van der Waals surface area contributed by atoms with Crippen LogP contribution in [0.1, 0.15) is 46.5 Å². The van der Waals surface area contributed by atoms with Crippen molar-refractivity contribution >= 4 is 0 Å². The molecule has 0 amide bonds. The quantitative estimate of drug-likeness (QED) is 0.813.